The maximum absolute atomic E-state index is 13.3. The first-order valence-electron chi connectivity index (χ1n) is 7.91. The van der Waals surface area contributed by atoms with E-state index in [-0.39, 0.29) is 18.3 Å². The van der Waals surface area contributed by atoms with E-state index in [0.717, 1.165) is 5.56 Å². The highest BCUT2D eigenvalue weighted by Crippen LogP contribution is 2.16. The van der Waals surface area contributed by atoms with Crippen LogP contribution in [0.5, 0.6) is 0 Å². The summed E-state index contributed by atoms with van der Waals surface area (Å²) in [6.45, 7) is 0.529. The third-order valence-electron chi connectivity index (χ3n) is 3.74. The first kappa shape index (κ1) is 17.0. The number of rotatable bonds is 7. The van der Waals surface area contributed by atoms with E-state index in [1.165, 1.54) is 18.5 Å². The SMILES string of the molecule is Cn1cc(CC(CO)CNc2ncnc(-c3cccc(F)c3)n2)cn1. The van der Waals surface area contributed by atoms with Gasteiger partial charge in [-0.2, -0.15) is 10.1 Å². The van der Waals surface area contributed by atoms with Crippen LogP contribution in [0.3, 0.4) is 0 Å². The number of aliphatic hydroxyl groups is 1. The molecule has 2 heterocycles. The summed E-state index contributed by atoms with van der Waals surface area (Å²) in [7, 11) is 1.86. The van der Waals surface area contributed by atoms with E-state index in [2.05, 4.69) is 25.4 Å². The van der Waals surface area contributed by atoms with Gasteiger partial charge in [-0.25, -0.2) is 14.4 Å². The van der Waals surface area contributed by atoms with Crippen LogP contribution in [-0.4, -0.2) is 43.0 Å². The molecule has 0 aliphatic carbocycles. The summed E-state index contributed by atoms with van der Waals surface area (Å²) in [5.74, 6) is 0.437. The highest BCUT2D eigenvalue weighted by molar-refractivity contribution is 5.55. The zero-order chi connectivity index (χ0) is 17.6. The van der Waals surface area contributed by atoms with E-state index >= 15 is 0 Å². The molecule has 1 unspecified atom stereocenters. The van der Waals surface area contributed by atoms with Crippen molar-refractivity contribution in [3.63, 3.8) is 0 Å². The second-order valence-corrected chi connectivity index (χ2v) is 5.80. The molecule has 7 nitrogen and oxygen atoms in total. The molecule has 25 heavy (non-hydrogen) atoms. The minimum atomic E-state index is -0.343. The lowest BCUT2D eigenvalue weighted by Crippen LogP contribution is -2.21. The van der Waals surface area contributed by atoms with Gasteiger partial charge >= 0.3 is 0 Å². The van der Waals surface area contributed by atoms with Gasteiger partial charge in [0, 0.05) is 37.9 Å². The van der Waals surface area contributed by atoms with Crippen molar-refractivity contribution in [2.75, 3.05) is 18.5 Å². The number of hydrogen-bond donors (Lipinski definition) is 2. The van der Waals surface area contributed by atoms with Crippen molar-refractivity contribution >= 4 is 5.95 Å². The fourth-order valence-electron chi connectivity index (χ4n) is 2.50. The molecule has 1 atom stereocenters. The highest BCUT2D eigenvalue weighted by atomic mass is 19.1. The summed E-state index contributed by atoms with van der Waals surface area (Å²) in [6.07, 6.45) is 5.78. The van der Waals surface area contributed by atoms with Crippen LogP contribution < -0.4 is 5.32 Å². The lowest BCUT2D eigenvalue weighted by molar-refractivity contribution is 0.232. The summed E-state index contributed by atoms with van der Waals surface area (Å²) in [4.78, 5) is 12.5. The van der Waals surface area contributed by atoms with Crippen LogP contribution in [0.4, 0.5) is 10.3 Å². The van der Waals surface area contributed by atoms with Crippen LogP contribution in [0.25, 0.3) is 11.4 Å². The van der Waals surface area contributed by atoms with Crippen molar-refractivity contribution in [2.45, 2.75) is 6.42 Å². The maximum atomic E-state index is 13.3. The van der Waals surface area contributed by atoms with Crippen molar-refractivity contribution in [3.8, 4) is 11.4 Å². The highest BCUT2D eigenvalue weighted by Gasteiger charge is 2.11. The Kier molecular flexibility index (Phi) is 5.30. The molecule has 0 amide bonds. The molecular weight excluding hydrogens is 323 g/mol. The Morgan fingerprint density at radius 2 is 2.20 bits per heavy atom. The van der Waals surface area contributed by atoms with Crippen LogP contribution in [-0.2, 0) is 13.5 Å². The van der Waals surface area contributed by atoms with Gasteiger partial charge in [0.15, 0.2) is 5.82 Å². The molecule has 0 aliphatic rings. The molecule has 2 N–H and O–H groups in total. The largest absolute Gasteiger partial charge is 0.396 e. The third-order valence-corrected chi connectivity index (χ3v) is 3.74. The average molecular weight is 342 g/mol. The Balaban J connectivity index is 1.65. The molecule has 0 aliphatic heterocycles. The Bertz CT molecular complexity index is 837. The molecule has 0 bridgehead atoms. The number of hydrogen-bond acceptors (Lipinski definition) is 6. The first-order chi connectivity index (χ1) is 12.1. The van der Waals surface area contributed by atoms with Gasteiger partial charge in [-0.05, 0) is 24.1 Å². The maximum Gasteiger partial charge on any atom is 0.226 e. The van der Waals surface area contributed by atoms with Crippen LogP contribution >= 0.6 is 0 Å². The molecule has 2 aromatic heterocycles. The molecule has 8 heteroatoms. The predicted molar refractivity (Wildman–Crippen MR) is 91.2 cm³/mol. The van der Waals surface area contributed by atoms with Gasteiger partial charge < -0.3 is 10.4 Å². The molecule has 1 aromatic carbocycles. The Morgan fingerprint density at radius 3 is 2.92 bits per heavy atom. The number of aryl methyl sites for hydroxylation is 1. The first-order valence-corrected chi connectivity index (χ1v) is 7.91. The number of nitrogens with zero attached hydrogens (tertiary/aromatic N) is 5. The quantitative estimate of drug-likeness (QED) is 0.679. The lowest BCUT2D eigenvalue weighted by Gasteiger charge is -2.14. The number of halogens is 1. The monoisotopic (exact) mass is 342 g/mol. The standard InChI is InChI=1S/C17H19FN6O/c1-24-9-12(8-22-24)5-13(10-25)7-19-17-21-11-20-16(23-17)14-3-2-4-15(18)6-14/h2-4,6,8-9,11,13,25H,5,7,10H2,1H3,(H,19,20,21,23). The van der Waals surface area contributed by atoms with Gasteiger partial charge in [-0.3, -0.25) is 4.68 Å². The smallest absolute Gasteiger partial charge is 0.226 e. The zero-order valence-electron chi connectivity index (χ0n) is 13.8. The fourth-order valence-corrected chi connectivity index (χ4v) is 2.50. The van der Waals surface area contributed by atoms with Crippen LogP contribution in [0.2, 0.25) is 0 Å². The molecule has 0 radical (unpaired) electrons. The molecule has 130 valence electrons. The van der Waals surface area contributed by atoms with Gasteiger partial charge in [0.2, 0.25) is 5.95 Å². The number of nitrogens with one attached hydrogen (secondary N) is 1. The third kappa shape index (κ3) is 4.57. The second-order valence-electron chi connectivity index (χ2n) is 5.80. The van der Waals surface area contributed by atoms with Gasteiger partial charge in [-0.1, -0.05) is 12.1 Å². The molecule has 3 aromatic rings. The van der Waals surface area contributed by atoms with Gasteiger partial charge in [0.1, 0.15) is 12.1 Å². The minimum absolute atomic E-state index is 0.00131. The van der Waals surface area contributed by atoms with E-state index in [1.54, 1.807) is 23.0 Å². The molecular formula is C17H19FN6O. The molecule has 0 saturated heterocycles. The number of aliphatic hydroxyl groups excluding tert-OH is 1. The van der Waals surface area contributed by atoms with Gasteiger partial charge in [0.05, 0.1) is 6.20 Å². The molecule has 3 rings (SSSR count). The van der Waals surface area contributed by atoms with E-state index in [4.69, 9.17) is 0 Å². The van der Waals surface area contributed by atoms with Gasteiger partial charge in [-0.15, -0.1) is 0 Å². The summed E-state index contributed by atoms with van der Waals surface area (Å²) in [5.41, 5.74) is 1.64. The van der Waals surface area contributed by atoms with Crippen molar-refractivity contribution in [3.05, 3.63) is 54.4 Å². The Labute approximate surface area is 144 Å². The van der Waals surface area contributed by atoms with Crippen LogP contribution in [0.15, 0.2) is 43.0 Å². The number of aromatic nitrogens is 5. The minimum Gasteiger partial charge on any atom is -0.396 e. The number of anilines is 1. The van der Waals surface area contributed by atoms with E-state index in [9.17, 15) is 9.50 Å². The topological polar surface area (TPSA) is 88.8 Å². The van der Waals surface area contributed by atoms with E-state index in [0.29, 0.717) is 30.3 Å². The average Bonchev–Trinajstić information content (AvgIpc) is 3.04. The van der Waals surface area contributed by atoms with E-state index < -0.39 is 0 Å². The van der Waals surface area contributed by atoms with Crippen molar-refractivity contribution in [1.29, 1.82) is 0 Å². The Hall–Kier alpha value is -2.87. The zero-order valence-corrected chi connectivity index (χ0v) is 13.8. The fraction of sp³-hybridized carbons (Fsp3) is 0.294. The Morgan fingerprint density at radius 1 is 1.32 bits per heavy atom. The van der Waals surface area contributed by atoms with Crippen LogP contribution in [0, 0.1) is 11.7 Å². The summed E-state index contributed by atoms with van der Waals surface area (Å²) in [5, 5.41) is 16.8. The van der Waals surface area contributed by atoms with Crippen molar-refractivity contribution in [2.24, 2.45) is 13.0 Å². The van der Waals surface area contributed by atoms with E-state index in [1.807, 2.05) is 13.2 Å². The van der Waals surface area contributed by atoms with Crippen LogP contribution in [0.1, 0.15) is 5.56 Å². The predicted octanol–water partition coefficient (Wildman–Crippen LogP) is 1.67. The lowest BCUT2D eigenvalue weighted by atomic mass is 10.0. The summed E-state index contributed by atoms with van der Waals surface area (Å²) in [6, 6.07) is 6.09. The summed E-state index contributed by atoms with van der Waals surface area (Å²) >= 11 is 0. The summed E-state index contributed by atoms with van der Waals surface area (Å²) < 4.78 is 15.1. The van der Waals surface area contributed by atoms with Gasteiger partial charge in [0.25, 0.3) is 0 Å². The molecule has 0 spiro atoms. The van der Waals surface area contributed by atoms with Crippen molar-refractivity contribution < 1.29 is 9.50 Å². The molecule has 0 saturated carbocycles. The number of benzene rings is 1. The van der Waals surface area contributed by atoms with Crippen molar-refractivity contribution in [1.82, 2.24) is 24.7 Å². The normalized spacial score (nSPS) is 12.1. The molecule has 0 fully saturated rings. The second kappa shape index (κ2) is 7.80.